The van der Waals surface area contributed by atoms with Gasteiger partial charge in [-0.25, -0.2) is 9.67 Å². The Labute approximate surface area is 209 Å². The number of carbonyl (C=O) groups excluding carboxylic acids is 1. The van der Waals surface area contributed by atoms with Crippen molar-refractivity contribution in [3.63, 3.8) is 0 Å². The number of carbonyl (C=O) groups is 1. The second-order valence-electron chi connectivity index (χ2n) is 8.40. The van der Waals surface area contributed by atoms with Gasteiger partial charge >= 0.3 is 0 Å². The normalized spacial score (nSPS) is 18.9. The van der Waals surface area contributed by atoms with Crippen LogP contribution in [0.3, 0.4) is 0 Å². The van der Waals surface area contributed by atoms with Crippen molar-refractivity contribution in [2.45, 2.75) is 37.8 Å². The zero-order valence-corrected chi connectivity index (χ0v) is 20.5. The summed E-state index contributed by atoms with van der Waals surface area (Å²) in [4.78, 5) is 15.2. The van der Waals surface area contributed by atoms with Gasteiger partial charge in [-0.1, -0.05) is 16.8 Å². The van der Waals surface area contributed by atoms with Gasteiger partial charge in [-0.3, -0.25) is 4.90 Å². The summed E-state index contributed by atoms with van der Waals surface area (Å²) in [7, 11) is 0. The largest absolute Gasteiger partial charge is 0.411 e. The van der Waals surface area contributed by atoms with Crippen LogP contribution in [0, 0.1) is 6.92 Å². The molecule has 0 radical (unpaired) electrons. The van der Waals surface area contributed by atoms with Crippen LogP contribution in [0.1, 0.15) is 40.1 Å². The highest BCUT2D eigenvalue weighted by Gasteiger charge is 2.51. The Bertz CT molecular complexity index is 1220. The standard InChI is InChI=1S/C22H22ClF2N5O2S.CH2O/c1-14-16(12-30(28-14)20-15(10-27-31)3-2-6-26-20)11-29-7-4-21(5-8-29)19-17(9-18(23)33-19)22(24,25)13-32-21;1-2/h2-3,6,9-10,12,31H,4-5,7-8,11,13H2,1H3;1H2/b27-10+;. The van der Waals surface area contributed by atoms with E-state index in [2.05, 4.69) is 20.1 Å². The smallest absolute Gasteiger partial charge is 0.297 e. The molecule has 8 nitrogen and oxygen atoms in total. The molecule has 0 aliphatic carbocycles. The van der Waals surface area contributed by atoms with Gasteiger partial charge in [0.05, 0.1) is 16.2 Å². The third kappa shape index (κ3) is 4.86. The van der Waals surface area contributed by atoms with Gasteiger partial charge in [0.1, 0.15) is 19.0 Å². The van der Waals surface area contributed by atoms with E-state index in [1.54, 1.807) is 23.0 Å². The lowest BCUT2D eigenvalue weighted by atomic mass is 9.84. The van der Waals surface area contributed by atoms with Gasteiger partial charge in [-0.05, 0) is 38.0 Å². The molecular formula is C23H24ClF2N5O3S. The molecule has 5 rings (SSSR count). The van der Waals surface area contributed by atoms with E-state index in [1.807, 2.05) is 19.9 Å². The molecule has 5 heterocycles. The number of ether oxygens (including phenoxy) is 1. The van der Waals surface area contributed by atoms with E-state index in [1.165, 1.54) is 23.6 Å². The van der Waals surface area contributed by atoms with Crippen molar-refractivity contribution in [1.29, 1.82) is 0 Å². The maximum Gasteiger partial charge on any atom is 0.297 e. The molecule has 0 unspecified atom stereocenters. The third-order valence-electron chi connectivity index (χ3n) is 6.33. The van der Waals surface area contributed by atoms with Crippen molar-refractivity contribution in [2.24, 2.45) is 5.16 Å². The predicted molar refractivity (Wildman–Crippen MR) is 128 cm³/mol. The molecule has 1 N–H and O–H groups in total. The van der Waals surface area contributed by atoms with Crippen molar-refractivity contribution >= 4 is 35.9 Å². The average Bonchev–Trinajstić information content (AvgIpc) is 3.44. The monoisotopic (exact) mass is 523 g/mol. The second kappa shape index (κ2) is 10.1. The van der Waals surface area contributed by atoms with Crippen LogP contribution in [0.4, 0.5) is 8.78 Å². The molecule has 186 valence electrons. The Morgan fingerprint density at radius 1 is 1.37 bits per heavy atom. The Morgan fingerprint density at radius 3 is 2.83 bits per heavy atom. The quantitative estimate of drug-likeness (QED) is 0.307. The lowest BCUT2D eigenvalue weighted by molar-refractivity contribution is -0.182. The first-order valence-electron chi connectivity index (χ1n) is 10.8. The molecule has 0 saturated carbocycles. The number of oxime groups is 1. The van der Waals surface area contributed by atoms with Crippen LogP contribution in [-0.4, -0.2) is 57.6 Å². The number of alkyl halides is 2. The van der Waals surface area contributed by atoms with Crippen LogP contribution in [0.15, 0.2) is 35.7 Å². The third-order valence-corrected chi connectivity index (χ3v) is 7.78. The van der Waals surface area contributed by atoms with E-state index >= 15 is 0 Å². The summed E-state index contributed by atoms with van der Waals surface area (Å²) in [5, 5.41) is 16.6. The van der Waals surface area contributed by atoms with Gasteiger partial charge in [-0.15, -0.1) is 11.3 Å². The van der Waals surface area contributed by atoms with Crippen molar-refractivity contribution in [3.05, 3.63) is 62.2 Å². The second-order valence-corrected chi connectivity index (χ2v) is 10.1. The van der Waals surface area contributed by atoms with Gasteiger partial charge in [0.25, 0.3) is 5.92 Å². The lowest BCUT2D eigenvalue weighted by Gasteiger charge is -2.45. The number of piperidine rings is 1. The van der Waals surface area contributed by atoms with E-state index in [4.69, 9.17) is 26.3 Å². The number of pyridine rings is 1. The molecule has 3 aromatic rings. The molecule has 3 aromatic heterocycles. The zero-order valence-electron chi connectivity index (χ0n) is 19.0. The highest BCUT2D eigenvalue weighted by Crippen LogP contribution is 2.52. The minimum absolute atomic E-state index is 0.0203. The predicted octanol–water partition coefficient (Wildman–Crippen LogP) is 4.53. The van der Waals surface area contributed by atoms with Crippen LogP contribution >= 0.6 is 22.9 Å². The molecule has 2 aliphatic rings. The minimum Gasteiger partial charge on any atom is -0.411 e. The molecule has 2 aliphatic heterocycles. The molecule has 12 heteroatoms. The first kappa shape index (κ1) is 25.4. The van der Waals surface area contributed by atoms with Gasteiger partial charge in [-0.2, -0.15) is 13.9 Å². The summed E-state index contributed by atoms with van der Waals surface area (Å²) in [5.74, 6) is -2.43. The maximum absolute atomic E-state index is 14.4. The topological polar surface area (TPSA) is 92.8 Å². The molecule has 0 bridgehead atoms. The van der Waals surface area contributed by atoms with Crippen LogP contribution in [-0.2, 0) is 27.6 Å². The highest BCUT2D eigenvalue weighted by atomic mass is 35.5. The Hall–Kier alpha value is -2.73. The number of nitrogens with zero attached hydrogens (tertiary/aromatic N) is 5. The summed E-state index contributed by atoms with van der Waals surface area (Å²) >= 11 is 7.31. The van der Waals surface area contributed by atoms with Gasteiger partial charge < -0.3 is 14.7 Å². The van der Waals surface area contributed by atoms with Crippen LogP contribution in [0.5, 0.6) is 0 Å². The van der Waals surface area contributed by atoms with Crippen LogP contribution in [0.25, 0.3) is 5.82 Å². The molecule has 1 fully saturated rings. The zero-order chi connectivity index (χ0) is 25.2. The fourth-order valence-corrected chi connectivity index (χ4v) is 6.03. The Balaban J connectivity index is 0.00000141. The van der Waals surface area contributed by atoms with E-state index < -0.39 is 18.1 Å². The van der Waals surface area contributed by atoms with Crippen molar-refractivity contribution in [2.75, 3.05) is 19.7 Å². The first-order chi connectivity index (χ1) is 16.8. The van der Waals surface area contributed by atoms with Crippen molar-refractivity contribution < 1.29 is 23.5 Å². The lowest BCUT2D eigenvalue weighted by Crippen LogP contribution is -2.48. The molecule has 0 atom stereocenters. The average molecular weight is 524 g/mol. The number of aromatic nitrogens is 3. The molecule has 1 saturated heterocycles. The summed E-state index contributed by atoms with van der Waals surface area (Å²) in [6.45, 7) is 5.41. The number of hydrogen-bond donors (Lipinski definition) is 1. The Morgan fingerprint density at radius 2 is 2.11 bits per heavy atom. The number of aryl methyl sites for hydroxylation is 1. The molecule has 35 heavy (non-hydrogen) atoms. The van der Waals surface area contributed by atoms with E-state index in [9.17, 15) is 8.78 Å². The highest BCUT2D eigenvalue weighted by molar-refractivity contribution is 7.16. The van der Waals surface area contributed by atoms with Gasteiger partial charge in [0.15, 0.2) is 5.82 Å². The summed E-state index contributed by atoms with van der Waals surface area (Å²) in [6, 6.07) is 4.95. The van der Waals surface area contributed by atoms with Gasteiger partial charge in [0.2, 0.25) is 0 Å². The molecule has 1 spiro atoms. The Kier molecular flexibility index (Phi) is 7.32. The number of likely N-dealkylation sites (tertiary alicyclic amines) is 1. The number of rotatable bonds is 4. The fourth-order valence-electron chi connectivity index (χ4n) is 4.55. The van der Waals surface area contributed by atoms with Crippen molar-refractivity contribution in [1.82, 2.24) is 19.7 Å². The maximum atomic E-state index is 14.4. The summed E-state index contributed by atoms with van der Waals surface area (Å²) in [5.41, 5.74) is 1.88. The molecule has 0 aromatic carbocycles. The summed E-state index contributed by atoms with van der Waals surface area (Å²) in [6.07, 6.45) is 6.14. The van der Waals surface area contributed by atoms with Crippen molar-refractivity contribution in [3.8, 4) is 5.82 Å². The first-order valence-corrected chi connectivity index (χ1v) is 12.0. The number of hydrogen-bond acceptors (Lipinski definition) is 8. The fraction of sp³-hybridized carbons (Fsp3) is 0.391. The minimum atomic E-state index is -3.00. The van der Waals surface area contributed by atoms with E-state index in [-0.39, 0.29) is 5.56 Å². The van der Waals surface area contributed by atoms with E-state index in [0.29, 0.717) is 53.1 Å². The van der Waals surface area contributed by atoms with Crippen LogP contribution < -0.4 is 0 Å². The van der Waals surface area contributed by atoms with Crippen LogP contribution in [0.2, 0.25) is 4.34 Å². The SMILES string of the molecule is C=O.Cc1nn(-c2ncccc2/C=N/O)cc1CN1CCC2(CC1)OCC(F)(F)c1cc(Cl)sc12. The number of halogens is 3. The number of fused-ring (bicyclic) bond motifs is 2. The molecular weight excluding hydrogens is 500 g/mol. The number of thiophene rings is 1. The summed E-state index contributed by atoms with van der Waals surface area (Å²) < 4.78 is 36.6. The van der Waals surface area contributed by atoms with Gasteiger partial charge in [0, 0.05) is 53.6 Å². The molecule has 0 amide bonds. The van der Waals surface area contributed by atoms with E-state index in [0.717, 1.165) is 11.3 Å².